The Labute approximate surface area is 177 Å². The van der Waals surface area contributed by atoms with Crippen LogP contribution in [0.15, 0.2) is 42.5 Å². The number of hydrogen-bond acceptors (Lipinski definition) is 3. The van der Waals surface area contributed by atoms with Crippen LogP contribution in [0.1, 0.15) is 29.6 Å². The topological polar surface area (TPSA) is 44.4 Å². The minimum Gasteiger partial charge on any atom is -0.370 e. The van der Waals surface area contributed by atoms with Crippen LogP contribution >= 0.6 is 46.4 Å². The van der Waals surface area contributed by atoms with E-state index in [9.17, 15) is 4.79 Å². The summed E-state index contributed by atoms with van der Waals surface area (Å²) in [5.74, 6) is -0.233. The average Bonchev–Trinajstić information content (AvgIpc) is 2.62. The first-order chi connectivity index (χ1) is 12.5. The Bertz CT molecular complexity index is 824. The highest BCUT2D eigenvalue weighted by Crippen LogP contribution is 2.30. The number of hydrogen-bond donors (Lipinski definition) is 2. The fraction of sp³-hybridized carbons (Fsp3) is 0.263. The Morgan fingerprint density at radius 2 is 1.85 bits per heavy atom. The molecule has 7 heteroatoms. The van der Waals surface area contributed by atoms with Crippen molar-refractivity contribution in [2.24, 2.45) is 0 Å². The average molecular weight is 500 g/mol. The van der Waals surface area contributed by atoms with Crippen LogP contribution in [0.2, 0.25) is 5.02 Å². The van der Waals surface area contributed by atoms with Crippen LogP contribution in [-0.4, -0.2) is 24.1 Å². The molecule has 26 heavy (non-hydrogen) atoms. The van der Waals surface area contributed by atoms with E-state index in [0.717, 1.165) is 28.0 Å². The molecule has 4 nitrogen and oxygen atoms in total. The van der Waals surface area contributed by atoms with Gasteiger partial charge in [-0.05, 0) is 84.4 Å². The Balaban J connectivity index is 1.63. The second kappa shape index (κ2) is 9.01. The molecule has 0 spiro atoms. The fourth-order valence-corrected chi connectivity index (χ4v) is 4.10. The lowest BCUT2D eigenvalue weighted by molar-refractivity contribution is 0.0977. The van der Waals surface area contributed by atoms with Crippen LogP contribution in [0, 0.1) is 3.57 Å². The molecule has 0 saturated carbocycles. The first-order valence-corrected chi connectivity index (χ1v) is 10.3. The van der Waals surface area contributed by atoms with Gasteiger partial charge in [-0.2, -0.15) is 0 Å². The molecule has 3 rings (SSSR count). The molecule has 1 aliphatic heterocycles. The van der Waals surface area contributed by atoms with Gasteiger partial charge in [0.05, 0.1) is 16.3 Å². The third-order valence-electron chi connectivity index (χ3n) is 4.25. The van der Waals surface area contributed by atoms with E-state index < -0.39 is 0 Å². The van der Waals surface area contributed by atoms with Crippen LogP contribution in [0.3, 0.4) is 0 Å². The summed E-state index contributed by atoms with van der Waals surface area (Å²) in [6.07, 6.45) is 3.68. The molecule has 0 unspecified atom stereocenters. The summed E-state index contributed by atoms with van der Waals surface area (Å²) in [5.41, 5.74) is 2.39. The molecule has 0 aliphatic carbocycles. The first kappa shape index (κ1) is 19.4. The zero-order valence-corrected chi connectivity index (χ0v) is 17.8. The van der Waals surface area contributed by atoms with Crippen LogP contribution in [0.4, 0.5) is 11.4 Å². The van der Waals surface area contributed by atoms with Crippen LogP contribution in [-0.2, 0) is 0 Å². The third kappa shape index (κ3) is 4.86. The number of anilines is 2. The summed E-state index contributed by atoms with van der Waals surface area (Å²) in [5, 5.41) is 6.66. The molecule has 0 bridgehead atoms. The molecule has 2 aromatic rings. The number of carbonyl (C=O) groups is 1. The van der Waals surface area contributed by atoms with Gasteiger partial charge >= 0.3 is 0 Å². The zero-order chi connectivity index (χ0) is 18.5. The molecule has 1 amide bonds. The molecule has 136 valence electrons. The van der Waals surface area contributed by atoms with E-state index in [1.807, 2.05) is 36.4 Å². The quantitative estimate of drug-likeness (QED) is 0.458. The standard InChI is InChI=1S/C19H19ClIN3OS/c20-15-12-13(8-9-17(15)24-10-4-1-5-11-24)22-19(26)23-18(25)14-6-2-3-7-16(14)21/h2-3,6-9,12H,1,4-5,10-11H2,(H2,22,23,25,26). The van der Waals surface area contributed by atoms with Gasteiger partial charge in [0.15, 0.2) is 5.11 Å². The van der Waals surface area contributed by atoms with Crippen LogP contribution in [0.25, 0.3) is 0 Å². The number of nitrogens with one attached hydrogen (secondary N) is 2. The van der Waals surface area contributed by atoms with E-state index in [2.05, 4.69) is 38.1 Å². The van der Waals surface area contributed by atoms with Crippen molar-refractivity contribution in [3.63, 3.8) is 0 Å². The molecule has 0 radical (unpaired) electrons. The lowest BCUT2D eigenvalue weighted by Crippen LogP contribution is -2.34. The van der Waals surface area contributed by atoms with E-state index in [1.165, 1.54) is 19.3 Å². The van der Waals surface area contributed by atoms with Gasteiger partial charge in [-0.25, -0.2) is 0 Å². The SMILES string of the molecule is O=C(NC(=S)Nc1ccc(N2CCCCC2)c(Cl)c1)c1ccccc1I. The Morgan fingerprint density at radius 3 is 2.54 bits per heavy atom. The molecule has 2 aromatic carbocycles. The maximum absolute atomic E-state index is 12.3. The number of amides is 1. The van der Waals surface area contributed by atoms with Gasteiger partial charge in [-0.1, -0.05) is 23.7 Å². The first-order valence-electron chi connectivity index (χ1n) is 8.46. The van der Waals surface area contributed by atoms with Crippen molar-refractivity contribution in [3.05, 3.63) is 56.6 Å². The number of benzene rings is 2. The monoisotopic (exact) mass is 499 g/mol. The van der Waals surface area contributed by atoms with Crippen molar-refractivity contribution in [2.75, 3.05) is 23.3 Å². The van der Waals surface area contributed by atoms with E-state index in [4.69, 9.17) is 23.8 Å². The van der Waals surface area contributed by atoms with Gasteiger partial charge < -0.3 is 10.2 Å². The van der Waals surface area contributed by atoms with Gasteiger partial charge in [0, 0.05) is 22.3 Å². The summed E-state index contributed by atoms with van der Waals surface area (Å²) < 4.78 is 0.874. The second-order valence-electron chi connectivity index (χ2n) is 6.10. The van der Waals surface area contributed by atoms with Gasteiger partial charge in [-0.3, -0.25) is 10.1 Å². The van der Waals surface area contributed by atoms with E-state index >= 15 is 0 Å². The predicted molar refractivity (Wildman–Crippen MR) is 120 cm³/mol. The number of piperidine rings is 1. The van der Waals surface area contributed by atoms with Crippen molar-refractivity contribution in [2.45, 2.75) is 19.3 Å². The highest BCUT2D eigenvalue weighted by atomic mass is 127. The fourth-order valence-electron chi connectivity index (χ4n) is 2.95. The molecule has 0 atom stereocenters. The van der Waals surface area contributed by atoms with Crippen molar-refractivity contribution < 1.29 is 4.79 Å². The summed E-state index contributed by atoms with van der Waals surface area (Å²) in [4.78, 5) is 14.6. The van der Waals surface area contributed by atoms with Gasteiger partial charge in [0.2, 0.25) is 0 Å². The zero-order valence-electron chi connectivity index (χ0n) is 14.1. The number of rotatable bonds is 3. The van der Waals surface area contributed by atoms with Crippen molar-refractivity contribution >= 4 is 68.8 Å². The minimum absolute atomic E-state index is 0.233. The van der Waals surface area contributed by atoms with Gasteiger partial charge in [-0.15, -0.1) is 0 Å². The number of carbonyl (C=O) groups excluding carboxylic acids is 1. The summed E-state index contributed by atoms with van der Waals surface area (Å²) in [7, 11) is 0. The molecular formula is C19H19ClIN3OS. The minimum atomic E-state index is -0.233. The highest BCUT2D eigenvalue weighted by Gasteiger charge is 2.15. The number of halogens is 2. The Hall–Kier alpha value is -1.38. The summed E-state index contributed by atoms with van der Waals surface area (Å²) in [6.45, 7) is 2.08. The van der Waals surface area contributed by atoms with E-state index in [1.54, 1.807) is 6.07 Å². The summed E-state index contributed by atoms with van der Waals surface area (Å²) >= 11 is 13.8. The Kier molecular flexibility index (Phi) is 6.72. The molecule has 1 fully saturated rings. The largest absolute Gasteiger partial charge is 0.370 e. The molecule has 1 aliphatic rings. The van der Waals surface area contributed by atoms with E-state index in [0.29, 0.717) is 10.6 Å². The number of nitrogens with zero attached hydrogens (tertiary/aromatic N) is 1. The third-order valence-corrected chi connectivity index (χ3v) is 5.70. The molecule has 0 aromatic heterocycles. The van der Waals surface area contributed by atoms with Gasteiger partial charge in [0.25, 0.3) is 5.91 Å². The maximum atomic E-state index is 12.3. The van der Waals surface area contributed by atoms with Crippen LogP contribution in [0.5, 0.6) is 0 Å². The van der Waals surface area contributed by atoms with Crippen molar-refractivity contribution in [3.8, 4) is 0 Å². The highest BCUT2D eigenvalue weighted by molar-refractivity contribution is 14.1. The molecule has 1 heterocycles. The Morgan fingerprint density at radius 1 is 1.12 bits per heavy atom. The predicted octanol–water partition coefficient (Wildman–Crippen LogP) is 5.06. The molecule has 2 N–H and O–H groups in total. The lowest BCUT2D eigenvalue weighted by atomic mass is 10.1. The van der Waals surface area contributed by atoms with Crippen molar-refractivity contribution in [1.82, 2.24) is 5.32 Å². The normalized spacial score (nSPS) is 14.0. The van der Waals surface area contributed by atoms with Gasteiger partial charge in [0.1, 0.15) is 0 Å². The van der Waals surface area contributed by atoms with Crippen molar-refractivity contribution in [1.29, 1.82) is 0 Å². The number of thiocarbonyl (C=S) groups is 1. The van der Waals surface area contributed by atoms with E-state index in [-0.39, 0.29) is 11.0 Å². The second-order valence-corrected chi connectivity index (χ2v) is 8.08. The smallest absolute Gasteiger partial charge is 0.258 e. The van der Waals surface area contributed by atoms with Crippen LogP contribution < -0.4 is 15.5 Å². The maximum Gasteiger partial charge on any atom is 0.258 e. The molecule has 1 saturated heterocycles. The molecular weight excluding hydrogens is 481 g/mol. The lowest BCUT2D eigenvalue weighted by Gasteiger charge is -2.29. The summed E-state index contributed by atoms with van der Waals surface area (Å²) in [6, 6.07) is 13.1.